The molecule has 1 N–H and O–H groups in total. The van der Waals surface area contributed by atoms with Gasteiger partial charge < -0.3 is 10.1 Å². The molecule has 0 aromatic heterocycles. The molecule has 0 aromatic carbocycles. The number of rotatable bonds is 5. The second-order valence-electron chi connectivity index (χ2n) is 4.87. The van der Waals surface area contributed by atoms with E-state index in [-0.39, 0.29) is 0 Å². The van der Waals surface area contributed by atoms with Crippen LogP contribution in [0.1, 0.15) is 19.8 Å². The van der Waals surface area contributed by atoms with Crippen LogP contribution < -0.4 is 5.32 Å². The van der Waals surface area contributed by atoms with E-state index in [1.807, 2.05) is 0 Å². The van der Waals surface area contributed by atoms with Gasteiger partial charge in [-0.1, -0.05) is 0 Å². The van der Waals surface area contributed by atoms with Crippen molar-refractivity contribution in [2.45, 2.75) is 31.8 Å². The fourth-order valence-corrected chi connectivity index (χ4v) is 3.52. The first-order chi connectivity index (χ1) is 7.84. The molecule has 2 unspecified atom stereocenters. The summed E-state index contributed by atoms with van der Waals surface area (Å²) in [6.07, 6.45) is 2.62. The average molecular weight is 244 g/mol. The van der Waals surface area contributed by atoms with Gasteiger partial charge in [-0.3, -0.25) is 4.90 Å². The SMILES string of the molecule is CC(CCN1CCOCC1)NC1CCSC1. The quantitative estimate of drug-likeness (QED) is 0.785. The molecule has 2 atom stereocenters. The minimum Gasteiger partial charge on any atom is -0.379 e. The van der Waals surface area contributed by atoms with Crippen molar-refractivity contribution >= 4 is 11.8 Å². The third-order valence-corrected chi connectivity index (χ3v) is 4.59. The van der Waals surface area contributed by atoms with Gasteiger partial charge in [-0.15, -0.1) is 0 Å². The highest BCUT2D eigenvalue weighted by molar-refractivity contribution is 7.99. The molecular weight excluding hydrogens is 220 g/mol. The Morgan fingerprint density at radius 1 is 1.44 bits per heavy atom. The normalized spacial score (nSPS) is 29.4. The lowest BCUT2D eigenvalue weighted by atomic mass is 10.1. The van der Waals surface area contributed by atoms with Crippen LogP contribution in [0.5, 0.6) is 0 Å². The fourth-order valence-electron chi connectivity index (χ4n) is 2.35. The highest BCUT2D eigenvalue weighted by Gasteiger charge is 2.18. The number of nitrogens with zero attached hydrogens (tertiary/aromatic N) is 1. The summed E-state index contributed by atoms with van der Waals surface area (Å²) in [5.74, 6) is 2.65. The average Bonchev–Trinajstić information content (AvgIpc) is 2.81. The maximum Gasteiger partial charge on any atom is 0.0594 e. The van der Waals surface area contributed by atoms with Gasteiger partial charge in [0, 0.05) is 30.9 Å². The molecule has 2 rings (SSSR count). The molecule has 94 valence electrons. The summed E-state index contributed by atoms with van der Waals surface area (Å²) >= 11 is 2.08. The maximum absolute atomic E-state index is 5.35. The van der Waals surface area contributed by atoms with Crippen LogP contribution in [0.2, 0.25) is 0 Å². The Bertz CT molecular complexity index is 191. The molecule has 0 bridgehead atoms. The van der Waals surface area contributed by atoms with E-state index >= 15 is 0 Å². The van der Waals surface area contributed by atoms with Gasteiger partial charge >= 0.3 is 0 Å². The van der Waals surface area contributed by atoms with Crippen LogP contribution in [0.15, 0.2) is 0 Å². The van der Waals surface area contributed by atoms with Gasteiger partial charge in [-0.05, 0) is 32.1 Å². The van der Waals surface area contributed by atoms with E-state index in [0.717, 1.165) is 32.3 Å². The largest absolute Gasteiger partial charge is 0.379 e. The molecule has 0 spiro atoms. The van der Waals surface area contributed by atoms with Crippen molar-refractivity contribution in [2.75, 3.05) is 44.4 Å². The molecule has 16 heavy (non-hydrogen) atoms. The number of morpholine rings is 1. The molecule has 2 saturated heterocycles. The first-order valence-electron chi connectivity index (χ1n) is 6.48. The van der Waals surface area contributed by atoms with Crippen molar-refractivity contribution in [3.63, 3.8) is 0 Å². The van der Waals surface area contributed by atoms with E-state index in [4.69, 9.17) is 4.74 Å². The minimum atomic E-state index is 0.659. The molecule has 0 aliphatic carbocycles. The lowest BCUT2D eigenvalue weighted by Gasteiger charge is -2.28. The van der Waals surface area contributed by atoms with E-state index < -0.39 is 0 Å². The van der Waals surface area contributed by atoms with Crippen LogP contribution in [0.4, 0.5) is 0 Å². The van der Waals surface area contributed by atoms with E-state index in [9.17, 15) is 0 Å². The standard InChI is InChI=1S/C12H24N2OS/c1-11(13-12-3-9-16-10-12)2-4-14-5-7-15-8-6-14/h11-13H,2-10H2,1H3. The monoisotopic (exact) mass is 244 g/mol. The van der Waals surface area contributed by atoms with E-state index in [2.05, 4.69) is 28.9 Å². The number of nitrogens with one attached hydrogen (secondary N) is 1. The zero-order valence-electron chi connectivity index (χ0n) is 10.3. The topological polar surface area (TPSA) is 24.5 Å². The van der Waals surface area contributed by atoms with Crippen LogP contribution in [-0.2, 0) is 4.74 Å². The maximum atomic E-state index is 5.35. The first kappa shape index (κ1) is 12.7. The Morgan fingerprint density at radius 2 is 2.25 bits per heavy atom. The second-order valence-corrected chi connectivity index (χ2v) is 6.02. The van der Waals surface area contributed by atoms with Crippen molar-refractivity contribution in [1.82, 2.24) is 10.2 Å². The van der Waals surface area contributed by atoms with Gasteiger partial charge in [0.05, 0.1) is 13.2 Å². The minimum absolute atomic E-state index is 0.659. The van der Waals surface area contributed by atoms with Crippen LogP contribution in [0.3, 0.4) is 0 Å². The summed E-state index contributed by atoms with van der Waals surface area (Å²) in [4.78, 5) is 2.52. The molecule has 0 saturated carbocycles. The molecular formula is C12H24N2OS. The van der Waals surface area contributed by atoms with Crippen LogP contribution in [0.25, 0.3) is 0 Å². The summed E-state index contributed by atoms with van der Waals surface area (Å²) in [7, 11) is 0. The van der Waals surface area contributed by atoms with Crippen LogP contribution in [-0.4, -0.2) is 61.3 Å². The Morgan fingerprint density at radius 3 is 2.94 bits per heavy atom. The summed E-state index contributed by atoms with van der Waals surface area (Å²) < 4.78 is 5.35. The van der Waals surface area contributed by atoms with Crippen LogP contribution >= 0.6 is 11.8 Å². The first-order valence-corrected chi connectivity index (χ1v) is 7.64. The van der Waals surface area contributed by atoms with Gasteiger partial charge in [-0.2, -0.15) is 11.8 Å². The van der Waals surface area contributed by atoms with Crippen molar-refractivity contribution in [3.8, 4) is 0 Å². The molecule has 0 amide bonds. The smallest absolute Gasteiger partial charge is 0.0594 e. The van der Waals surface area contributed by atoms with Crippen LogP contribution in [0, 0.1) is 0 Å². The number of ether oxygens (including phenoxy) is 1. The second kappa shape index (κ2) is 6.84. The molecule has 3 nitrogen and oxygen atoms in total. The lowest BCUT2D eigenvalue weighted by Crippen LogP contribution is -2.41. The Labute approximate surface area is 103 Å². The Hall–Kier alpha value is 0.230. The number of hydrogen-bond donors (Lipinski definition) is 1. The lowest BCUT2D eigenvalue weighted by molar-refractivity contribution is 0.0363. The van der Waals surface area contributed by atoms with E-state index in [0.29, 0.717) is 6.04 Å². The molecule has 2 heterocycles. The zero-order valence-corrected chi connectivity index (χ0v) is 11.1. The molecule has 0 aromatic rings. The Balaban J connectivity index is 1.57. The van der Waals surface area contributed by atoms with Crippen molar-refractivity contribution < 1.29 is 4.74 Å². The van der Waals surface area contributed by atoms with Gasteiger partial charge in [0.2, 0.25) is 0 Å². The highest BCUT2D eigenvalue weighted by Crippen LogP contribution is 2.17. The molecule has 0 radical (unpaired) electrons. The number of thioether (sulfide) groups is 1. The van der Waals surface area contributed by atoms with Gasteiger partial charge in [0.15, 0.2) is 0 Å². The predicted octanol–water partition coefficient (Wildman–Crippen LogP) is 1.19. The van der Waals surface area contributed by atoms with Crippen molar-refractivity contribution in [2.24, 2.45) is 0 Å². The molecule has 4 heteroatoms. The van der Waals surface area contributed by atoms with E-state index in [1.165, 1.54) is 30.9 Å². The third kappa shape index (κ3) is 4.24. The highest BCUT2D eigenvalue weighted by atomic mass is 32.2. The third-order valence-electron chi connectivity index (χ3n) is 3.43. The summed E-state index contributed by atoms with van der Waals surface area (Å²) in [6.45, 7) is 7.61. The summed E-state index contributed by atoms with van der Waals surface area (Å²) in [6, 6.07) is 1.43. The summed E-state index contributed by atoms with van der Waals surface area (Å²) in [5.41, 5.74) is 0. The van der Waals surface area contributed by atoms with Gasteiger partial charge in [0.1, 0.15) is 0 Å². The molecule has 2 aliphatic heterocycles. The van der Waals surface area contributed by atoms with Gasteiger partial charge in [-0.25, -0.2) is 0 Å². The van der Waals surface area contributed by atoms with Crippen molar-refractivity contribution in [3.05, 3.63) is 0 Å². The Kier molecular flexibility index (Phi) is 5.42. The number of hydrogen-bond acceptors (Lipinski definition) is 4. The van der Waals surface area contributed by atoms with Crippen molar-refractivity contribution in [1.29, 1.82) is 0 Å². The fraction of sp³-hybridized carbons (Fsp3) is 1.00. The van der Waals surface area contributed by atoms with E-state index in [1.54, 1.807) is 0 Å². The predicted molar refractivity (Wildman–Crippen MR) is 70.2 cm³/mol. The molecule has 2 fully saturated rings. The molecule has 2 aliphatic rings. The van der Waals surface area contributed by atoms with Gasteiger partial charge in [0.25, 0.3) is 0 Å². The zero-order chi connectivity index (χ0) is 11.2. The summed E-state index contributed by atoms with van der Waals surface area (Å²) in [5, 5.41) is 3.74.